The predicted octanol–water partition coefficient (Wildman–Crippen LogP) is 3.69. The van der Waals surface area contributed by atoms with Gasteiger partial charge < -0.3 is 4.90 Å². The molecule has 0 unspecified atom stereocenters. The summed E-state index contributed by atoms with van der Waals surface area (Å²) in [4.78, 5) is 18.6. The Morgan fingerprint density at radius 1 is 1.39 bits per heavy atom. The third-order valence-corrected chi connectivity index (χ3v) is 4.10. The lowest BCUT2D eigenvalue weighted by Crippen LogP contribution is -2.26. The third kappa shape index (κ3) is 3.21. The minimum Gasteiger partial charge on any atom is -0.336 e. The molecule has 0 radical (unpaired) electrons. The maximum atomic E-state index is 12.7. The molecule has 3 aromatic rings. The number of nitrogens with zero attached hydrogens (tertiary/aromatic N) is 3. The van der Waals surface area contributed by atoms with E-state index in [4.69, 9.17) is 0 Å². The van der Waals surface area contributed by atoms with Crippen molar-refractivity contribution in [1.82, 2.24) is 14.3 Å². The highest BCUT2D eigenvalue weighted by Gasteiger charge is 2.30. The van der Waals surface area contributed by atoms with Gasteiger partial charge in [-0.25, -0.2) is 4.98 Å². The van der Waals surface area contributed by atoms with Crippen LogP contribution < -0.4 is 0 Å². The van der Waals surface area contributed by atoms with Gasteiger partial charge in [0, 0.05) is 31.4 Å². The number of hydrogen-bond donors (Lipinski definition) is 0. The van der Waals surface area contributed by atoms with Crippen molar-refractivity contribution >= 4 is 22.2 Å². The lowest BCUT2D eigenvalue weighted by atomic mass is 10.1. The number of carbonyl (C=O) groups is 1. The van der Waals surface area contributed by atoms with Crippen molar-refractivity contribution in [3.05, 3.63) is 58.9 Å². The number of alkyl halides is 3. The van der Waals surface area contributed by atoms with Gasteiger partial charge >= 0.3 is 6.18 Å². The molecule has 1 amide bonds. The molecule has 0 saturated carbocycles. The lowest BCUT2D eigenvalue weighted by molar-refractivity contribution is -0.137. The van der Waals surface area contributed by atoms with Gasteiger partial charge in [0.05, 0.1) is 5.56 Å². The molecule has 2 aromatic heterocycles. The van der Waals surface area contributed by atoms with E-state index in [0.29, 0.717) is 10.5 Å². The van der Waals surface area contributed by atoms with Crippen LogP contribution in [0.5, 0.6) is 0 Å². The second-order valence-electron chi connectivity index (χ2n) is 5.08. The maximum Gasteiger partial charge on any atom is 0.416 e. The van der Waals surface area contributed by atoms with E-state index < -0.39 is 11.7 Å². The smallest absolute Gasteiger partial charge is 0.336 e. The summed E-state index contributed by atoms with van der Waals surface area (Å²) in [5, 5.41) is 1.85. The van der Waals surface area contributed by atoms with E-state index >= 15 is 0 Å². The summed E-state index contributed by atoms with van der Waals surface area (Å²) in [5.41, 5.74) is -0.0404. The second-order valence-corrected chi connectivity index (χ2v) is 5.95. The van der Waals surface area contributed by atoms with Crippen molar-refractivity contribution in [3.8, 4) is 0 Å². The molecular formula is C15H12F3N3OS. The lowest BCUT2D eigenvalue weighted by Gasteiger charge is -2.17. The number of amides is 1. The van der Waals surface area contributed by atoms with Gasteiger partial charge in [-0.15, -0.1) is 11.3 Å². The fourth-order valence-corrected chi connectivity index (χ4v) is 2.92. The first-order valence-electron chi connectivity index (χ1n) is 6.68. The molecule has 0 bridgehead atoms. The Bertz CT molecular complexity index is 824. The Morgan fingerprint density at radius 3 is 2.87 bits per heavy atom. The number of hydrogen-bond acceptors (Lipinski definition) is 3. The molecular weight excluding hydrogens is 327 g/mol. The van der Waals surface area contributed by atoms with Gasteiger partial charge in [0.15, 0.2) is 4.96 Å². The minimum absolute atomic E-state index is 0.0773. The van der Waals surface area contributed by atoms with Crippen LogP contribution in [0.3, 0.4) is 0 Å². The third-order valence-electron chi connectivity index (χ3n) is 3.33. The van der Waals surface area contributed by atoms with Crippen LogP contribution in [0.2, 0.25) is 0 Å². The maximum absolute atomic E-state index is 12.7. The molecule has 0 saturated heterocycles. The van der Waals surface area contributed by atoms with Crippen molar-refractivity contribution in [2.24, 2.45) is 0 Å². The van der Waals surface area contributed by atoms with Gasteiger partial charge in [-0.3, -0.25) is 9.20 Å². The van der Waals surface area contributed by atoms with E-state index in [9.17, 15) is 18.0 Å². The van der Waals surface area contributed by atoms with Crippen molar-refractivity contribution in [1.29, 1.82) is 0 Å². The number of fused-ring (bicyclic) bond motifs is 1. The van der Waals surface area contributed by atoms with Crippen LogP contribution in [0.1, 0.15) is 21.6 Å². The molecule has 8 heteroatoms. The Labute approximate surface area is 133 Å². The summed E-state index contributed by atoms with van der Waals surface area (Å²) in [6, 6.07) is 4.96. The fourth-order valence-electron chi connectivity index (χ4n) is 2.22. The Balaban J connectivity index is 1.77. The number of aromatic nitrogens is 2. The summed E-state index contributed by atoms with van der Waals surface area (Å²) in [7, 11) is 1.54. The SMILES string of the molecule is CN(Cc1cccc(C(F)(F)F)c1)C(=O)c1cn2ccsc2n1. The van der Waals surface area contributed by atoms with E-state index in [1.807, 2.05) is 5.38 Å². The van der Waals surface area contributed by atoms with Crippen LogP contribution in [0.4, 0.5) is 13.2 Å². The van der Waals surface area contributed by atoms with E-state index in [0.717, 1.165) is 12.1 Å². The van der Waals surface area contributed by atoms with Gasteiger partial charge in [-0.2, -0.15) is 13.2 Å². The zero-order valence-electron chi connectivity index (χ0n) is 12.0. The quantitative estimate of drug-likeness (QED) is 0.730. The average Bonchev–Trinajstić information content (AvgIpc) is 3.07. The van der Waals surface area contributed by atoms with Gasteiger partial charge in [-0.1, -0.05) is 12.1 Å². The average molecular weight is 339 g/mol. The fraction of sp³-hybridized carbons (Fsp3) is 0.200. The van der Waals surface area contributed by atoms with Crippen LogP contribution in [0.25, 0.3) is 4.96 Å². The molecule has 0 atom stereocenters. The molecule has 0 N–H and O–H groups in total. The summed E-state index contributed by atoms with van der Waals surface area (Å²) in [6.07, 6.45) is -1.000. The van der Waals surface area contributed by atoms with Gasteiger partial charge in [-0.05, 0) is 17.7 Å². The Kier molecular flexibility index (Phi) is 3.85. The summed E-state index contributed by atoms with van der Waals surface area (Å²) in [6.45, 7) is 0.0773. The molecule has 4 nitrogen and oxygen atoms in total. The summed E-state index contributed by atoms with van der Waals surface area (Å²) in [5.74, 6) is -0.335. The van der Waals surface area contributed by atoms with E-state index in [-0.39, 0.29) is 18.1 Å². The molecule has 0 fully saturated rings. The van der Waals surface area contributed by atoms with E-state index in [2.05, 4.69) is 4.98 Å². The van der Waals surface area contributed by atoms with Crippen molar-refractivity contribution < 1.29 is 18.0 Å². The number of rotatable bonds is 3. The topological polar surface area (TPSA) is 37.6 Å². The van der Waals surface area contributed by atoms with Crippen molar-refractivity contribution in [2.45, 2.75) is 12.7 Å². The first-order chi connectivity index (χ1) is 10.8. The molecule has 1 aromatic carbocycles. The predicted molar refractivity (Wildman–Crippen MR) is 80.3 cm³/mol. The Morgan fingerprint density at radius 2 is 2.17 bits per heavy atom. The second kappa shape index (κ2) is 5.69. The number of thiazole rings is 1. The molecule has 2 heterocycles. The number of imidazole rings is 1. The molecule has 3 rings (SSSR count). The first kappa shape index (κ1) is 15.5. The Hall–Kier alpha value is -2.35. The molecule has 23 heavy (non-hydrogen) atoms. The van der Waals surface area contributed by atoms with Crippen LogP contribution >= 0.6 is 11.3 Å². The molecule has 0 aliphatic rings. The van der Waals surface area contributed by atoms with Gasteiger partial charge in [0.1, 0.15) is 5.69 Å². The van der Waals surface area contributed by atoms with Gasteiger partial charge in [0.25, 0.3) is 5.91 Å². The number of halogens is 3. The highest BCUT2D eigenvalue weighted by atomic mass is 32.1. The first-order valence-corrected chi connectivity index (χ1v) is 7.56. The largest absolute Gasteiger partial charge is 0.416 e. The molecule has 0 aliphatic heterocycles. The summed E-state index contributed by atoms with van der Waals surface area (Å²) >= 11 is 1.40. The van der Waals surface area contributed by atoms with Crippen LogP contribution in [-0.4, -0.2) is 27.2 Å². The standard InChI is InChI=1S/C15H12F3N3OS/c1-20(8-10-3-2-4-11(7-10)15(16,17)18)13(22)12-9-21-5-6-23-14(21)19-12/h2-7,9H,8H2,1H3. The minimum atomic E-state index is -4.40. The monoisotopic (exact) mass is 339 g/mol. The van der Waals surface area contributed by atoms with E-state index in [1.165, 1.54) is 29.4 Å². The normalized spacial score (nSPS) is 11.8. The van der Waals surface area contributed by atoms with Crippen LogP contribution in [-0.2, 0) is 12.7 Å². The number of benzene rings is 1. The highest BCUT2D eigenvalue weighted by molar-refractivity contribution is 7.15. The van der Waals surface area contributed by atoms with Gasteiger partial charge in [0.2, 0.25) is 0 Å². The van der Waals surface area contributed by atoms with E-state index in [1.54, 1.807) is 22.9 Å². The highest BCUT2D eigenvalue weighted by Crippen LogP contribution is 2.29. The molecule has 120 valence electrons. The number of carbonyl (C=O) groups excluding carboxylic acids is 1. The zero-order valence-corrected chi connectivity index (χ0v) is 12.9. The van der Waals surface area contributed by atoms with Crippen LogP contribution in [0.15, 0.2) is 42.0 Å². The zero-order chi connectivity index (χ0) is 16.6. The molecule has 0 aliphatic carbocycles. The van der Waals surface area contributed by atoms with Crippen molar-refractivity contribution in [3.63, 3.8) is 0 Å². The van der Waals surface area contributed by atoms with Crippen molar-refractivity contribution in [2.75, 3.05) is 7.05 Å². The summed E-state index contributed by atoms with van der Waals surface area (Å²) < 4.78 is 39.9. The van der Waals surface area contributed by atoms with Crippen LogP contribution in [0, 0.1) is 0 Å². The molecule has 0 spiro atoms.